The van der Waals surface area contributed by atoms with E-state index in [0.29, 0.717) is 48.5 Å². The molecule has 1 fully saturated rings. The zero-order valence-electron chi connectivity index (χ0n) is 18.2. The first kappa shape index (κ1) is 20.5. The van der Waals surface area contributed by atoms with Gasteiger partial charge in [-0.05, 0) is 51.3 Å². The van der Waals surface area contributed by atoms with E-state index < -0.39 is 0 Å². The summed E-state index contributed by atoms with van der Waals surface area (Å²) < 4.78 is 24.9. The van der Waals surface area contributed by atoms with Crippen LogP contribution < -0.4 is 19.8 Å². The van der Waals surface area contributed by atoms with Crippen molar-refractivity contribution in [3.63, 3.8) is 0 Å². The van der Waals surface area contributed by atoms with E-state index in [1.807, 2.05) is 23.7 Å². The number of aliphatic imine (C=N–C) groups is 1. The molecule has 0 amide bonds. The summed E-state index contributed by atoms with van der Waals surface area (Å²) in [6, 6.07) is 4.02. The van der Waals surface area contributed by atoms with Crippen molar-refractivity contribution in [2.75, 3.05) is 26.9 Å². The first-order chi connectivity index (χ1) is 14.9. The van der Waals surface area contributed by atoms with Gasteiger partial charge in [0.1, 0.15) is 13.2 Å². The molecule has 0 radical (unpaired) electrons. The Labute approximate surface area is 184 Å². The van der Waals surface area contributed by atoms with Gasteiger partial charge in [-0.25, -0.2) is 4.99 Å². The van der Waals surface area contributed by atoms with Crippen LogP contribution in [0.25, 0.3) is 0 Å². The molecule has 166 valence electrons. The standard InChI is InChI=1S/C22H27N3O5S/c1-12-23-20-17(21(26)24-25(20)14-5-6-30-22(2,3)11-14)19(31-12)13-9-15(27-4)18-16(10-13)28-7-8-29-18/h9-10,14,19H,5-8,11H2,1-4H3,(H,24,26)/t14-,19-/m1/s1. The van der Waals surface area contributed by atoms with Gasteiger partial charge in [0, 0.05) is 6.61 Å². The van der Waals surface area contributed by atoms with Gasteiger partial charge in [0.25, 0.3) is 5.56 Å². The van der Waals surface area contributed by atoms with Gasteiger partial charge in [-0.1, -0.05) is 11.8 Å². The summed E-state index contributed by atoms with van der Waals surface area (Å²) in [7, 11) is 1.61. The summed E-state index contributed by atoms with van der Waals surface area (Å²) in [5.41, 5.74) is 1.25. The van der Waals surface area contributed by atoms with E-state index in [9.17, 15) is 4.79 Å². The fourth-order valence-electron chi connectivity index (χ4n) is 4.57. The molecule has 1 N–H and O–H groups in total. The molecule has 1 aromatic heterocycles. The van der Waals surface area contributed by atoms with Crippen molar-refractivity contribution in [3.05, 3.63) is 33.6 Å². The summed E-state index contributed by atoms with van der Waals surface area (Å²) in [5, 5.41) is 3.77. The Hall–Kier alpha value is -2.39. The highest BCUT2D eigenvalue weighted by Crippen LogP contribution is 2.49. The highest BCUT2D eigenvalue weighted by molar-refractivity contribution is 8.14. The molecule has 9 heteroatoms. The number of nitrogens with zero attached hydrogens (tertiary/aromatic N) is 2. The molecule has 31 heavy (non-hydrogen) atoms. The lowest BCUT2D eigenvalue weighted by molar-refractivity contribution is -0.0705. The molecule has 5 rings (SSSR count). The van der Waals surface area contributed by atoms with Crippen LogP contribution in [0.1, 0.15) is 56.0 Å². The molecule has 4 heterocycles. The predicted octanol–water partition coefficient (Wildman–Crippen LogP) is 3.97. The van der Waals surface area contributed by atoms with Crippen LogP contribution in [0, 0.1) is 0 Å². The summed E-state index contributed by atoms with van der Waals surface area (Å²) in [6.45, 7) is 7.78. The molecule has 0 bridgehead atoms. The molecule has 3 aliphatic rings. The molecule has 1 saturated heterocycles. The Morgan fingerprint density at radius 2 is 2.06 bits per heavy atom. The van der Waals surface area contributed by atoms with Crippen LogP contribution >= 0.6 is 11.8 Å². The van der Waals surface area contributed by atoms with E-state index >= 15 is 0 Å². The molecule has 1 aromatic carbocycles. The number of benzene rings is 1. The van der Waals surface area contributed by atoms with Crippen LogP contribution in [-0.2, 0) is 4.74 Å². The van der Waals surface area contributed by atoms with Gasteiger partial charge < -0.3 is 18.9 Å². The molecule has 0 saturated carbocycles. The number of aromatic amines is 1. The second-order valence-corrected chi connectivity index (χ2v) is 9.98. The summed E-state index contributed by atoms with van der Waals surface area (Å²) in [5.74, 6) is 2.57. The minimum Gasteiger partial charge on any atom is -0.493 e. The number of ether oxygens (including phenoxy) is 4. The number of rotatable bonds is 3. The second kappa shape index (κ2) is 7.63. The van der Waals surface area contributed by atoms with E-state index in [4.69, 9.17) is 23.9 Å². The maximum atomic E-state index is 13.1. The van der Waals surface area contributed by atoms with Crippen molar-refractivity contribution < 1.29 is 18.9 Å². The Balaban J connectivity index is 1.60. The number of nitrogens with one attached hydrogen (secondary N) is 1. The van der Waals surface area contributed by atoms with Crippen LogP contribution in [-0.4, -0.2) is 47.4 Å². The van der Waals surface area contributed by atoms with Crippen molar-refractivity contribution in [1.82, 2.24) is 9.78 Å². The number of H-pyrrole nitrogens is 1. The molecule has 0 unspecified atom stereocenters. The van der Waals surface area contributed by atoms with Crippen LogP contribution in [0.15, 0.2) is 21.9 Å². The first-order valence-electron chi connectivity index (χ1n) is 10.5. The lowest BCUT2D eigenvalue weighted by Gasteiger charge is -2.36. The molecular weight excluding hydrogens is 418 g/mol. The predicted molar refractivity (Wildman–Crippen MR) is 120 cm³/mol. The highest BCUT2D eigenvalue weighted by Gasteiger charge is 2.36. The quantitative estimate of drug-likeness (QED) is 0.769. The van der Waals surface area contributed by atoms with Crippen molar-refractivity contribution >= 4 is 22.6 Å². The lowest BCUT2D eigenvalue weighted by Crippen LogP contribution is -2.35. The zero-order valence-corrected chi connectivity index (χ0v) is 19.0. The van der Waals surface area contributed by atoms with Crippen molar-refractivity contribution in [2.45, 2.75) is 50.5 Å². The van der Waals surface area contributed by atoms with E-state index in [0.717, 1.165) is 23.4 Å². The first-order valence-corrected chi connectivity index (χ1v) is 11.4. The number of hydrogen-bond donors (Lipinski definition) is 1. The van der Waals surface area contributed by atoms with Crippen molar-refractivity contribution in [1.29, 1.82) is 0 Å². The number of aromatic nitrogens is 2. The minimum absolute atomic E-state index is 0.109. The monoisotopic (exact) mass is 445 g/mol. The average Bonchev–Trinajstić information content (AvgIpc) is 3.07. The Bertz CT molecular complexity index is 1090. The SMILES string of the molecule is COc1cc([C@H]2SC(C)=Nc3c2c(=O)[nH]n3[C@@H]2CCOC(C)(C)C2)cc2c1OCCO2. The Morgan fingerprint density at radius 1 is 1.26 bits per heavy atom. The third-order valence-electron chi connectivity index (χ3n) is 5.94. The second-order valence-electron chi connectivity index (χ2n) is 8.68. The molecule has 3 aliphatic heterocycles. The molecule has 2 aromatic rings. The highest BCUT2D eigenvalue weighted by atomic mass is 32.2. The van der Waals surface area contributed by atoms with Gasteiger partial charge in [-0.15, -0.1) is 0 Å². The van der Waals surface area contributed by atoms with Crippen LogP contribution in [0.3, 0.4) is 0 Å². The van der Waals surface area contributed by atoms with Crippen LogP contribution in [0.4, 0.5) is 5.82 Å². The molecule has 2 atom stereocenters. The fourth-order valence-corrected chi connectivity index (χ4v) is 5.66. The van der Waals surface area contributed by atoms with Gasteiger partial charge in [0.2, 0.25) is 5.75 Å². The normalized spacial score (nSPS) is 24.3. The summed E-state index contributed by atoms with van der Waals surface area (Å²) in [4.78, 5) is 17.9. The summed E-state index contributed by atoms with van der Waals surface area (Å²) >= 11 is 1.57. The maximum absolute atomic E-state index is 13.1. The number of hydrogen-bond acceptors (Lipinski definition) is 7. The van der Waals surface area contributed by atoms with Crippen LogP contribution in [0.2, 0.25) is 0 Å². The third kappa shape index (κ3) is 3.63. The lowest BCUT2D eigenvalue weighted by atomic mass is 9.94. The molecular formula is C22H27N3O5S. The van der Waals surface area contributed by atoms with Crippen molar-refractivity contribution in [2.24, 2.45) is 4.99 Å². The van der Waals surface area contributed by atoms with Gasteiger partial charge in [-0.3, -0.25) is 14.6 Å². The van der Waals surface area contributed by atoms with Gasteiger partial charge in [0.15, 0.2) is 17.3 Å². The van der Waals surface area contributed by atoms with E-state index in [2.05, 4.69) is 18.9 Å². The third-order valence-corrected chi connectivity index (χ3v) is 7.11. The number of fused-ring (bicyclic) bond motifs is 2. The largest absolute Gasteiger partial charge is 0.493 e. The van der Waals surface area contributed by atoms with Crippen molar-refractivity contribution in [3.8, 4) is 17.2 Å². The smallest absolute Gasteiger partial charge is 0.271 e. The van der Waals surface area contributed by atoms with Gasteiger partial charge >= 0.3 is 0 Å². The minimum atomic E-state index is -0.234. The molecule has 0 spiro atoms. The Kier molecular flexibility index (Phi) is 5.05. The summed E-state index contributed by atoms with van der Waals surface area (Å²) in [6.07, 6.45) is 1.65. The van der Waals surface area contributed by atoms with Gasteiger partial charge in [-0.2, -0.15) is 0 Å². The Morgan fingerprint density at radius 3 is 2.84 bits per heavy atom. The van der Waals surface area contributed by atoms with E-state index in [1.54, 1.807) is 18.9 Å². The van der Waals surface area contributed by atoms with Crippen LogP contribution in [0.5, 0.6) is 17.2 Å². The molecule has 8 nitrogen and oxygen atoms in total. The number of thioether (sulfide) groups is 1. The average molecular weight is 446 g/mol. The topological polar surface area (TPSA) is 87.1 Å². The van der Waals surface area contributed by atoms with Gasteiger partial charge in [0.05, 0.1) is 34.6 Å². The maximum Gasteiger partial charge on any atom is 0.271 e. The fraction of sp³-hybridized carbons (Fsp3) is 0.545. The van der Waals surface area contributed by atoms with E-state index in [-0.39, 0.29) is 22.5 Å². The molecule has 0 aliphatic carbocycles. The van der Waals surface area contributed by atoms with E-state index in [1.165, 1.54) is 0 Å². The zero-order chi connectivity index (χ0) is 21.8. The number of methoxy groups -OCH3 is 1.